The lowest BCUT2D eigenvalue weighted by Crippen LogP contribution is -2.40. The average Bonchev–Trinajstić information content (AvgIpc) is 2.79. The fourth-order valence-electron chi connectivity index (χ4n) is 3.39. The lowest BCUT2D eigenvalue weighted by Gasteiger charge is -2.26. The Morgan fingerprint density at radius 3 is 3.04 bits per heavy atom. The molecule has 0 radical (unpaired) electrons. The summed E-state index contributed by atoms with van der Waals surface area (Å²) in [6, 6.07) is 3.90. The molecule has 1 aromatic heterocycles. The Hall–Kier alpha value is -2.15. The van der Waals surface area contributed by atoms with Crippen molar-refractivity contribution in [3.05, 3.63) is 30.1 Å². The number of likely N-dealkylation sites (N-methyl/N-ethyl adjacent to an activating group) is 1. The highest BCUT2D eigenvalue weighted by molar-refractivity contribution is 5.78. The predicted octanol–water partition coefficient (Wildman–Crippen LogP) is 1.00. The van der Waals surface area contributed by atoms with E-state index in [2.05, 4.69) is 10.3 Å². The van der Waals surface area contributed by atoms with Gasteiger partial charge in [0.2, 0.25) is 5.91 Å². The zero-order valence-electron chi connectivity index (χ0n) is 14.0. The third kappa shape index (κ3) is 4.03. The van der Waals surface area contributed by atoms with Gasteiger partial charge in [-0.05, 0) is 31.5 Å². The van der Waals surface area contributed by atoms with Gasteiger partial charge in [-0.1, -0.05) is 6.07 Å². The monoisotopic (exact) mass is 332 g/mol. The fraction of sp³-hybridized carbons (Fsp3) is 0.588. The summed E-state index contributed by atoms with van der Waals surface area (Å²) in [6.07, 6.45) is 5.58. The van der Waals surface area contributed by atoms with Crippen LogP contribution in [0.4, 0.5) is 4.79 Å². The van der Waals surface area contributed by atoms with Crippen LogP contribution in [0.2, 0.25) is 0 Å². The first-order chi connectivity index (χ1) is 11.6. The number of amides is 2. The third-order valence-electron chi connectivity index (χ3n) is 4.70. The molecule has 130 valence electrons. The quantitative estimate of drug-likeness (QED) is 0.890. The highest BCUT2D eigenvalue weighted by atomic mass is 16.6. The number of pyridine rings is 1. The number of alkyl carbamates (subject to hydrolysis) is 1. The first-order valence-electron chi connectivity index (χ1n) is 8.38. The van der Waals surface area contributed by atoms with Crippen LogP contribution in [-0.2, 0) is 16.1 Å². The largest absolute Gasteiger partial charge is 0.441 e. The van der Waals surface area contributed by atoms with Crippen molar-refractivity contribution < 1.29 is 14.3 Å². The zero-order valence-corrected chi connectivity index (χ0v) is 14.0. The maximum Gasteiger partial charge on any atom is 0.407 e. The molecule has 3 rings (SSSR count). The SMILES string of the molecule is CN(CC(=O)N1CCC[C@@]2(CC1)CNC(=O)O2)Cc1cccnc1. The van der Waals surface area contributed by atoms with Crippen molar-refractivity contribution in [1.82, 2.24) is 20.1 Å². The Morgan fingerprint density at radius 1 is 1.46 bits per heavy atom. The van der Waals surface area contributed by atoms with E-state index in [1.54, 1.807) is 6.20 Å². The minimum Gasteiger partial charge on any atom is -0.441 e. The molecule has 24 heavy (non-hydrogen) atoms. The van der Waals surface area contributed by atoms with Gasteiger partial charge in [-0.2, -0.15) is 0 Å². The molecule has 1 N–H and O–H groups in total. The number of aromatic nitrogens is 1. The number of hydrogen-bond acceptors (Lipinski definition) is 5. The second kappa shape index (κ2) is 7.17. The summed E-state index contributed by atoms with van der Waals surface area (Å²) in [4.78, 5) is 31.9. The minimum atomic E-state index is -0.423. The van der Waals surface area contributed by atoms with Crippen LogP contribution in [0.5, 0.6) is 0 Å². The Morgan fingerprint density at radius 2 is 2.33 bits per heavy atom. The Balaban J connectivity index is 1.51. The number of carbonyl (C=O) groups excluding carboxylic acids is 2. The van der Waals surface area contributed by atoms with E-state index in [0.717, 1.165) is 24.9 Å². The van der Waals surface area contributed by atoms with Crippen LogP contribution < -0.4 is 5.32 Å². The summed E-state index contributed by atoms with van der Waals surface area (Å²) in [5.41, 5.74) is 0.667. The van der Waals surface area contributed by atoms with E-state index in [-0.39, 0.29) is 12.0 Å². The number of nitrogens with zero attached hydrogens (tertiary/aromatic N) is 3. The minimum absolute atomic E-state index is 0.121. The van der Waals surface area contributed by atoms with Crippen LogP contribution in [0.3, 0.4) is 0 Å². The maximum atomic E-state index is 12.6. The smallest absolute Gasteiger partial charge is 0.407 e. The Kier molecular flexibility index (Phi) is 4.99. The molecular formula is C17H24N4O3. The van der Waals surface area contributed by atoms with Gasteiger partial charge in [0.15, 0.2) is 0 Å². The van der Waals surface area contributed by atoms with Crippen LogP contribution in [0.15, 0.2) is 24.5 Å². The number of nitrogens with one attached hydrogen (secondary N) is 1. The van der Waals surface area contributed by atoms with Gasteiger partial charge in [0.05, 0.1) is 13.1 Å². The Labute approximate surface area is 142 Å². The predicted molar refractivity (Wildman–Crippen MR) is 88.2 cm³/mol. The van der Waals surface area contributed by atoms with E-state index >= 15 is 0 Å². The topological polar surface area (TPSA) is 74.8 Å². The van der Waals surface area contributed by atoms with Gasteiger partial charge in [-0.3, -0.25) is 14.7 Å². The number of rotatable bonds is 4. The number of carbonyl (C=O) groups is 2. The molecule has 2 fully saturated rings. The van der Waals surface area contributed by atoms with Crippen molar-refractivity contribution in [2.24, 2.45) is 0 Å². The van der Waals surface area contributed by atoms with Gasteiger partial charge in [0.25, 0.3) is 0 Å². The van der Waals surface area contributed by atoms with E-state index < -0.39 is 5.60 Å². The standard InChI is InChI=1S/C17H24N4O3/c1-20(11-14-4-2-7-18-10-14)12-15(22)21-8-3-5-17(6-9-21)13-19-16(23)24-17/h2,4,7,10H,3,5-6,8-9,11-13H2,1H3,(H,19,23)/t17-/m1/s1. The van der Waals surface area contributed by atoms with Crippen molar-refractivity contribution in [3.8, 4) is 0 Å². The molecule has 1 spiro atoms. The van der Waals surface area contributed by atoms with Gasteiger partial charge in [-0.15, -0.1) is 0 Å². The first-order valence-corrected chi connectivity index (χ1v) is 8.38. The molecular weight excluding hydrogens is 308 g/mol. The second-order valence-corrected chi connectivity index (χ2v) is 6.69. The lowest BCUT2D eigenvalue weighted by atomic mass is 9.95. The second-order valence-electron chi connectivity index (χ2n) is 6.69. The number of hydrogen-bond donors (Lipinski definition) is 1. The highest BCUT2D eigenvalue weighted by Crippen LogP contribution is 2.29. The summed E-state index contributed by atoms with van der Waals surface area (Å²) in [7, 11) is 1.94. The first kappa shape index (κ1) is 16.7. The van der Waals surface area contributed by atoms with Gasteiger partial charge in [-0.25, -0.2) is 4.79 Å². The summed E-state index contributed by atoms with van der Waals surface area (Å²) >= 11 is 0. The van der Waals surface area contributed by atoms with E-state index in [1.807, 2.05) is 35.2 Å². The Bertz CT molecular complexity index is 595. The maximum absolute atomic E-state index is 12.6. The van der Waals surface area contributed by atoms with Crippen molar-refractivity contribution in [2.45, 2.75) is 31.4 Å². The van der Waals surface area contributed by atoms with Gasteiger partial charge >= 0.3 is 6.09 Å². The molecule has 0 aromatic carbocycles. The molecule has 1 aromatic rings. The fourth-order valence-corrected chi connectivity index (χ4v) is 3.39. The van der Waals surface area contributed by atoms with Crippen molar-refractivity contribution >= 4 is 12.0 Å². The van der Waals surface area contributed by atoms with Crippen LogP contribution in [-0.4, -0.2) is 65.6 Å². The summed E-state index contributed by atoms with van der Waals surface area (Å²) in [5, 5.41) is 2.73. The molecule has 0 unspecified atom stereocenters. The molecule has 1 atom stereocenters. The summed E-state index contributed by atoms with van der Waals surface area (Å²) in [6.45, 7) is 2.97. The van der Waals surface area contributed by atoms with Crippen LogP contribution in [0, 0.1) is 0 Å². The molecule has 3 heterocycles. The molecule has 2 aliphatic heterocycles. The molecule has 7 heteroatoms. The highest BCUT2D eigenvalue weighted by Gasteiger charge is 2.41. The lowest BCUT2D eigenvalue weighted by molar-refractivity contribution is -0.132. The van der Waals surface area contributed by atoms with E-state index in [0.29, 0.717) is 32.6 Å². The summed E-state index contributed by atoms with van der Waals surface area (Å²) < 4.78 is 5.45. The van der Waals surface area contributed by atoms with Crippen molar-refractivity contribution in [1.29, 1.82) is 0 Å². The van der Waals surface area contributed by atoms with E-state index in [1.165, 1.54) is 0 Å². The summed E-state index contributed by atoms with van der Waals surface area (Å²) in [5.74, 6) is 0.121. The van der Waals surface area contributed by atoms with Crippen molar-refractivity contribution in [3.63, 3.8) is 0 Å². The van der Waals surface area contributed by atoms with E-state index in [9.17, 15) is 9.59 Å². The number of likely N-dealkylation sites (tertiary alicyclic amines) is 1. The molecule has 2 aliphatic rings. The molecule has 7 nitrogen and oxygen atoms in total. The third-order valence-corrected chi connectivity index (χ3v) is 4.70. The van der Waals surface area contributed by atoms with Gasteiger partial charge < -0.3 is 15.0 Å². The molecule has 0 aliphatic carbocycles. The average molecular weight is 332 g/mol. The molecule has 2 amide bonds. The van der Waals surface area contributed by atoms with Crippen LogP contribution in [0.25, 0.3) is 0 Å². The van der Waals surface area contributed by atoms with Crippen LogP contribution >= 0.6 is 0 Å². The van der Waals surface area contributed by atoms with Gasteiger partial charge in [0.1, 0.15) is 5.60 Å². The molecule has 0 saturated carbocycles. The van der Waals surface area contributed by atoms with Gasteiger partial charge in [0, 0.05) is 38.4 Å². The van der Waals surface area contributed by atoms with Crippen LogP contribution in [0.1, 0.15) is 24.8 Å². The zero-order chi connectivity index (χ0) is 17.0. The normalized spacial score (nSPS) is 23.9. The van der Waals surface area contributed by atoms with Crippen molar-refractivity contribution in [2.75, 3.05) is 33.2 Å². The van der Waals surface area contributed by atoms with E-state index in [4.69, 9.17) is 4.74 Å². The molecule has 0 bridgehead atoms. The molecule has 2 saturated heterocycles. The number of ether oxygens (including phenoxy) is 1.